The summed E-state index contributed by atoms with van der Waals surface area (Å²) < 4.78 is 7.49. The van der Waals surface area contributed by atoms with E-state index in [9.17, 15) is 9.59 Å². The molecule has 1 aliphatic heterocycles. The molecule has 128 valence electrons. The molecule has 0 radical (unpaired) electrons. The molecule has 1 heterocycles. The first-order valence-corrected chi connectivity index (χ1v) is 9.71. The van der Waals surface area contributed by atoms with Crippen molar-refractivity contribution < 1.29 is 14.3 Å². The van der Waals surface area contributed by atoms with Crippen LogP contribution in [0.1, 0.15) is 12.5 Å². The smallest absolute Gasteiger partial charge is 0.282 e. The molecular weight excluding hydrogens is 546 g/mol. The third kappa shape index (κ3) is 3.81. The predicted octanol–water partition coefficient (Wildman–Crippen LogP) is 3.76. The molecule has 1 saturated heterocycles. The minimum atomic E-state index is -0.409. The van der Waals surface area contributed by atoms with Gasteiger partial charge in [-0.05, 0) is 88.0 Å². The summed E-state index contributed by atoms with van der Waals surface area (Å²) in [6.07, 6.45) is 1.61. The largest absolute Gasteiger partial charge is 0.492 e. The molecule has 7 heteroatoms. The first kappa shape index (κ1) is 18.2. The van der Waals surface area contributed by atoms with Crippen LogP contribution in [0.5, 0.6) is 5.75 Å². The van der Waals surface area contributed by atoms with Gasteiger partial charge in [-0.25, -0.2) is 5.01 Å². The van der Waals surface area contributed by atoms with Crippen molar-refractivity contribution in [2.24, 2.45) is 0 Å². The van der Waals surface area contributed by atoms with Crippen molar-refractivity contribution in [3.63, 3.8) is 0 Å². The molecule has 3 rings (SSSR count). The number of hydrogen-bond donors (Lipinski definition) is 1. The van der Waals surface area contributed by atoms with Gasteiger partial charge in [0, 0.05) is 0 Å². The first-order chi connectivity index (χ1) is 12.0. The molecule has 0 saturated carbocycles. The molecule has 1 fully saturated rings. The van der Waals surface area contributed by atoms with E-state index in [0.29, 0.717) is 12.3 Å². The van der Waals surface area contributed by atoms with Crippen LogP contribution in [0, 0.1) is 7.14 Å². The highest BCUT2D eigenvalue weighted by molar-refractivity contribution is 14.1. The molecule has 2 aromatic rings. The van der Waals surface area contributed by atoms with E-state index in [0.717, 1.165) is 18.5 Å². The maximum atomic E-state index is 12.6. The predicted molar refractivity (Wildman–Crippen MR) is 113 cm³/mol. The number of benzene rings is 2. The fourth-order valence-electron chi connectivity index (χ4n) is 2.43. The van der Waals surface area contributed by atoms with Gasteiger partial charge < -0.3 is 4.74 Å². The van der Waals surface area contributed by atoms with Gasteiger partial charge in [0.2, 0.25) is 0 Å². The molecule has 1 aliphatic rings. The molecule has 25 heavy (non-hydrogen) atoms. The zero-order valence-electron chi connectivity index (χ0n) is 13.3. The normalized spacial score (nSPS) is 15.6. The van der Waals surface area contributed by atoms with E-state index in [1.807, 2.05) is 37.3 Å². The lowest BCUT2D eigenvalue weighted by atomic mass is 10.1. The Hall–Kier alpha value is -1.62. The Balaban J connectivity index is 1.94. The van der Waals surface area contributed by atoms with Crippen LogP contribution in [0.25, 0.3) is 6.08 Å². The Morgan fingerprint density at radius 2 is 1.76 bits per heavy atom. The third-order valence-corrected chi connectivity index (χ3v) is 5.13. The SMILES string of the molecule is CCOc1c(I)cc(/C=C2/C(=O)NN(c3ccccc3)C2=O)cc1I. The van der Waals surface area contributed by atoms with Crippen molar-refractivity contribution in [3.05, 3.63) is 60.7 Å². The Labute approximate surface area is 172 Å². The summed E-state index contributed by atoms with van der Waals surface area (Å²) in [5.41, 5.74) is 4.12. The van der Waals surface area contributed by atoms with Crippen molar-refractivity contribution in [2.75, 3.05) is 11.6 Å². The average Bonchev–Trinajstić information content (AvgIpc) is 2.87. The van der Waals surface area contributed by atoms with E-state index >= 15 is 0 Å². The molecule has 5 nitrogen and oxygen atoms in total. The number of para-hydroxylation sites is 1. The first-order valence-electron chi connectivity index (χ1n) is 7.55. The number of anilines is 1. The van der Waals surface area contributed by atoms with Crippen molar-refractivity contribution in [1.82, 2.24) is 5.43 Å². The van der Waals surface area contributed by atoms with E-state index < -0.39 is 5.91 Å². The summed E-state index contributed by atoms with van der Waals surface area (Å²) in [7, 11) is 0. The number of amides is 2. The van der Waals surface area contributed by atoms with Crippen molar-refractivity contribution in [2.45, 2.75) is 6.92 Å². The number of nitrogens with one attached hydrogen (secondary N) is 1. The van der Waals surface area contributed by atoms with Crippen LogP contribution < -0.4 is 15.2 Å². The maximum absolute atomic E-state index is 12.6. The van der Waals surface area contributed by atoms with E-state index in [2.05, 4.69) is 50.6 Å². The van der Waals surface area contributed by atoms with Gasteiger partial charge in [-0.2, -0.15) is 0 Å². The molecule has 2 aromatic carbocycles. The van der Waals surface area contributed by atoms with Gasteiger partial charge in [-0.15, -0.1) is 0 Å². The Kier molecular flexibility index (Phi) is 5.62. The second kappa shape index (κ2) is 7.73. The number of hydrazine groups is 1. The highest BCUT2D eigenvalue weighted by Crippen LogP contribution is 2.30. The van der Waals surface area contributed by atoms with Crippen LogP contribution in [-0.4, -0.2) is 18.4 Å². The lowest BCUT2D eigenvalue weighted by molar-refractivity contribution is -0.117. The van der Waals surface area contributed by atoms with Gasteiger partial charge in [-0.3, -0.25) is 15.0 Å². The molecule has 0 aromatic heterocycles. The van der Waals surface area contributed by atoms with Gasteiger partial charge in [0.15, 0.2) is 0 Å². The summed E-state index contributed by atoms with van der Waals surface area (Å²) in [5, 5.41) is 1.26. The average molecular weight is 560 g/mol. The van der Waals surface area contributed by atoms with Crippen molar-refractivity contribution in [1.29, 1.82) is 0 Å². The second-order valence-electron chi connectivity index (χ2n) is 5.22. The minimum Gasteiger partial charge on any atom is -0.492 e. The van der Waals surface area contributed by atoms with Gasteiger partial charge in [0.05, 0.1) is 19.4 Å². The lowest BCUT2D eigenvalue weighted by Gasteiger charge is -2.13. The molecular formula is C18H14I2N2O3. The number of hydrogen-bond acceptors (Lipinski definition) is 3. The van der Waals surface area contributed by atoms with Crippen molar-refractivity contribution >= 4 is 68.8 Å². The molecule has 1 N–H and O–H groups in total. The second-order valence-corrected chi connectivity index (χ2v) is 7.55. The minimum absolute atomic E-state index is 0.111. The van der Waals surface area contributed by atoms with Gasteiger partial charge in [-0.1, -0.05) is 18.2 Å². The van der Waals surface area contributed by atoms with Crippen LogP contribution in [0.4, 0.5) is 5.69 Å². The number of nitrogens with zero attached hydrogens (tertiary/aromatic N) is 1. The third-order valence-electron chi connectivity index (χ3n) is 3.53. The summed E-state index contributed by atoms with van der Waals surface area (Å²) >= 11 is 4.38. The van der Waals surface area contributed by atoms with E-state index in [4.69, 9.17) is 4.74 Å². The Morgan fingerprint density at radius 1 is 1.12 bits per heavy atom. The molecule has 0 unspecified atom stereocenters. The number of carbonyl (C=O) groups excluding carboxylic acids is 2. The topological polar surface area (TPSA) is 58.6 Å². The van der Waals surface area contributed by atoms with Gasteiger partial charge in [0.1, 0.15) is 11.3 Å². The molecule has 0 atom stereocenters. The summed E-state index contributed by atoms with van der Waals surface area (Å²) in [5.74, 6) is 0.0433. The molecule has 0 bridgehead atoms. The lowest BCUT2D eigenvalue weighted by Crippen LogP contribution is -2.35. The zero-order valence-corrected chi connectivity index (χ0v) is 17.6. The highest BCUT2D eigenvalue weighted by atomic mass is 127. The summed E-state index contributed by atoms with van der Waals surface area (Å²) in [6.45, 7) is 2.51. The zero-order chi connectivity index (χ0) is 18.0. The number of carbonyl (C=O) groups is 2. The van der Waals surface area contributed by atoms with E-state index in [1.54, 1.807) is 18.2 Å². The van der Waals surface area contributed by atoms with Crippen molar-refractivity contribution in [3.8, 4) is 5.75 Å². The summed E-state index contributed by atoms with van der Waals surface area (Å²) in [4.78, 5) is 24.8. The fourth-order valence-corrected chi connectivity index (χ4v) is 4.56. The fraction of sp³-hybridized carbons (Fsp3) is 0.111. The number of halogens is 2. The molecule has 2 amide bonds. The van der Waals surface area contributed by atoms with Gasteiger partial charge >= 0.3 is 0 Å². The molecule has 0 aliphatic carbocycles. The standard InChI is InChI=1S/C18H14I2N2O3/c1-2-25-16-14(19)9-11(10-15(16)20)8-13-17(23)21-22(18(13)24)12-6-4-3-5-7-12/h3-10H,2H2,1H3,(H,21,23)/b13-8-. The number of ether oxygens (including phenoxy) is 1. The Bertz CT molecular complexity index is 843. The number of rotatable bonds is 4. The van der Waals surface area contributed by atoms with Crippen LogP contribution in [0.15, 0.2) is 48.0 Å². The summed E-state index contributed by atoms with van der Waals surface area (Å²) in [6, 6.07) is 12.8. The van der Waals surface area contributed by atoms with Crippen LogP contribution in [0.2, 0.25) is 0 Å². The Morgan fingerprint density at radius 3 is 2.36 bits per heavy atom. The highest BCUT2D eigenvalue weighted by Gasteiger charge is 2.34. The monoisotopic (exact) mass is 560 g/mol. The van der Waals surface area contributed by atoms with Gasteiger partial charge in [0.25, 0.3) is 11.8 Å². The van der Waals surface area contributed by atoms with Crippen LogP contribution in [0.3, 0.4) is 0 Å². The van der Waals surface area contributed by atoms with E-state index in [1.165, 1.54) is 5.01 Å². The quantitative estimate of drug-likeness (QED) is 0.353. The van der Waals surface area contributed by atoms with Crippen LogP contribution in [-0.2, 0) is 9.59 Å². The van der Waals surface area contributed by atoms with E-state index in [-0.39, 0.29) is 11.5 Å². The molecule has 0 spiro atoms. The maximum Gasteiger partial charge on any atom is 0.282 e. The van der Waals surface area contributed by atoms with Crippen LogP contribution >= 0.6 is 45.2 Å².